The molecule has 0 aliphatic heterocycles. The first-order chi connectivity index (χ1) is 20.7. The molecular formula is C32H50NO8PS. The van der Waals surface area contributed by atoms with Crippen molar-refractivity contribution in [2.45, 2.75) is 95.9 Å². The highest BCUT2D eigenvalue weighted by molar-refractivity contribution is 7.98. The van der Waals surface area contributed by atoms with E-state index >= 15 is 0 Å². The monoisotopic (exact) mass is 639 g/mol. The Kier molecular flexibility index (Phi) is 17.6. The molecule has 0 bridgehead atoms. The molecule has 242 valence electrons. The third kappa shape index (κ3) is 14.3. The van der Waals surface area contributed by atoms with Gasteiger partial charge in [-0.2, -0.15) is 11.8 Å². The van der Waals surface area contributed by atoms with E-state index in [1.165, 1.54) is 101 Å². The van der Waals surface area contributed by atoms with Gasteiger partial charge in [0.15, 0.2) is 0 Å². The molecule has 4 N–H and O–H groups in total. The number of carbonyl (C=O) groups is 1. The highest BCUT2D eigenvalue weighted by Crippen LogP contribution is 2.48. The van der Waals surface area contributed by atoms with Gasteiger partial charge in [-0.3, -0.25) is 9.69 Å². The van der Waals surface area contributed by atoms with Crippen LogP contribution in [0.15, 0.2) is 42.5 Å². The van der Waals surface area contributed by atoms with Gasteiger partial charge < -0.3 is 29.4 Å². The fourth-order valence-corrected chi connectivity index (χ4v) is 6.39. The number of methoxy groups -OCH3 is 1. The number of carboxylic acids is 1. The number of benzene rings is 2. The molecule has 0 fully saturated rings. The van der Waals surface area contributed by atoms with Crippen molar-refractivity contribution < 1.29 is 37.9 Å². The number of unbranched alkanes of at least 4 members (excludes halogenated alkanes) is 11. The number of para-hydroxylation sites is 1. The van der Waals surface area contributed by atoms with Crippen molar-refractivity contribution in [1.82, 2.24) is 0 Å². The van der Waals surface area contributed by atoms with Gasteiger partial charge in [0, 0.05) is 35.4 Å². The summed E-state index contributed by atoms with van der Waals surface area (Å²) in [6.07, 6.45) is 16.9. The van der Waals surface area contributed by atoms with Gasteiger partial charge in [-0.25, -0.2) is 4.57 Å². The van der Waals surface area contributed by atoms with E-state index < -0.39 is 25.8 Å². The van der Waals surface area contributed by atoms with Crippen LogP contribution in [0.2, 0.25) is 0 Å². The Morgan fingerprint density at radius 2 is 1.44 bits per heavy atom. The molecule has 0 saturated heterocycles. The highest BCUT2D eigenvalue weighted by Gasteiger charge is 2.32. The Morgan fingerprint density at radius 3 is 2.02 bits per heavy atom. The van der Waals surface area contributed by atoms with E-state index in [4.69, 9.17) is 24.3 Å². The van der Waals surface area contributed by atoms with E-state index in [-0.39, 0.29) is 11.5 Å². The standard InChI is InChI=1S/C32H50NO8PS/c1-4-5-6-7-8-9-10-11-12-13-14-17-20-39-26-21-25(38-2)22-27(23-26)40-42(36,37)41-30-19-16-15-18-28(30)29(24-43-3)31(33)32(34)35/h15-16,18-19,21-23,29,31H,4-14,17,20,24,33H2,1-3H3,(H,34,35)(H,36,37). The lowest BCUT2D eigenvalue weighted by atomic mass is 9.93. The minimum absolute atomic E-state index is 0.0235. The number of ether oxygens (including phenoxy) is 2. The largest absolute Gasteiger partial charge is 0.584 e. The van der Waals surface area contributed by atoms with E-state index in [0.717, 1.165) is 12.8 Å². The number of aliphatic carboxylic acids is 1. The van der Waals surface area contributed by atoms with E-state index in [1.54, 1.807) is 24.3 Å². The topological polar surface area (TPSA) is 138 Å². The van der Waals surface area contributed by atoms with Crippen LogP contribution >= 0.6 is 19.6 Å². The third-order valence-electron chi connectivity index (χ3n) is 7.17. The SMILES string of the molecule is CCCCCCCCCCCCCCOc1cc(OC)cc(OP(=O)(O)Oc2ccccc2C(CSC)C(N)C(=O)O)c1. The van der Waals surface area contributed by atoms with Crippen LogP contribution in [-0.2, 0) is 9.36 Å². The maximum atomic E-state index is 13.1. The second kappa shape index (κ2) is 20.5. The summed E-state index contributed by atoms with van der Waals surface area (Å²) in [6, 6.07) is 9.86. The summed E-state index contributed by atoms with van der Waals surface area (Å²) in [4.78, 5) is 22.2. The zero-order valence-electron chi connectivity index (χ0n) is 25.9. The fourth-order valence-electron chi connectivity index (χ4n) is 4.82. The van der Waals surface area contributed by atoms with Gasteiger partial charge >= 0.3 is 13.8 Å². The van der Waals surface area contributed by atoms with E-state index in [2.05, 4.69) is 6.92 Å². The summed E-state index contributed by atoms with van der Waals surface area (Å²) in [6.45, 7) is 2.75. The lowest BCUT2D eigenvalue weighted by molar-refractivity contribution is -0.138. The van der Waals surface area contributed by atoms with Crippen LogP contribution < -0.4 is 24.3 Å². The number of rotatable bonds is 24. The first kappa shape index (κ1) is 36.8. The van der Waals surface area contributed by atoms with Crippen LogP contribution in [0.4, 0.5) is 0 Å². The summed E-state index contributed by atoms with van der Waals surface area (Å²) in [5, 5.41) is 9.48. The summed E-state index contributed by atoms with van der Waals surface area (Å²) in [5.41, 5.74) is 6.34. The minimum atomic E-state index is -4.69. The Morgan fingerprint density at radius 1 is 0.884 bits per heavy atom. The van der Waals surface area contributed by atoms with Crippen LogP contribution in [0.3, 0.4) is 0 Å². The average Bonchev–Trinajstić information content (AvgIpc) is 2.97. The van der Waals surface area contributed by atoms with E-state index in [1.807, 2.05) is 6.26 Å². The molecule has 0 amide bonds. The van der Waals surface area contributed by atoms with Gasteiger partial charge in [0.2, 0.25) is 0 Å². The molecule has 0 aliphatic carbocycles. The maximum Gasteiger partial charge on any atom is 0.584 e. The quantitative estimate of drug-likeness (QED) is 0.0761. The second-order valence-corrected chi connectivity index (χ2v) is 12.9. The zero-order chi connectivity index (χ0) is 31.5. The van der Waals surface area contributed by atoms with Crippen molar-refractivity contribution in [1.29, 1.82) is 0 Å². The smallest absolute Gasteiger partial charge is 0.496 e. The van der Waals surface area contributed by atoms with Gasteiger partial charge in [-0.05, 0) is 18.7 Å². The predicted molar refractivity (Wildman–Crippen MR) is 174 cm³/mol. The molecule has 3 atom stereocenters. The van der Waals surface area contributed by atoms with Crippen LogP contribution in [0.5, 0.6) is 23.0 Å². The molecule has 11 heteroatoms. The average molecular weight is 640 g/mol. The molecule has 2 aromatic carbocycles. The van der Waals surface area contributed by atoms with Gasteiger partial charge in [0.25, 0.3) is 0 Å². The Balaban J connectivity index is 1.90. The Labute approximate surface area is 261 Å². The normalized spacial score (nSPS) is 14.0. The van der Waals surface area contributed by atoms with Crippen LogP contribution in [0.1, 0.15) is 95.5 Å². The fraction of sp³-hybridized carbons (Fsp3) is 0.594. The summed E-state index contributed by atoms with van der Waals surface area (Å²) in [5.74, 6) is -0.545. The first-order valence-corrected chi connectivity index (χ1v) is 18.2. The predicted octanol–water partition coefficient (Wildman–Crippen LogP) is 8.19. The van der Waals surface area contributed by atoms with Crippen molar-refractivity contribution >= 4 is 25.6 Å². The van der Waals surface area contributed by atoms with Crippen LogP contribution in [0, 0.1) is 0 Å². The first-order valence-electron chi connectivity index (χ1n) is 15.3. The van der Waals surface area contributed by atoms with Crippen molar-refractivity contribution in [2.24, 2.45) is 5.73 Å². The van der Waals surface area contributed by atoms with Crippen LogP contribution in [-0.4, -0.2) is 47.7 Å². The third-order valence-corrected chi connectivity index (χ3v) is 8.74. The number of hydrogen-bond acceptors (Lipinski definition) is 8. The number of nitrogens with two attached hydrogens (primary N) is 1. The second-order valence-electron chi connectivity index (χ2n) is 10.7. The number of hydrogen-bond donors (Lipinski definition) is 3. The highest BCUT2D eigenvalue weighted by atomic mass is 32.2. The van der Waals surface area contributed by atoms with E-state index in [9.17, 15) is 19.4 Å². The minimum Gasteiger partial charge on any atom is -0.496 e. The number of phosphoric acid groups is 1. The summed E-state index contributed by atoms with van der Waals surface area (Å²) < 4.78 is 35.1. The molecule has 2 aromatic rings. The van der Waals surface area contributed by atoms with Crippen molar-refractivity contribution in [2.75, 3.05) is 25.7 Å². The Bertz CT molecular complexity index is 1130. The Hall–Kier alpha value is -2.39. The maximum absolute atomic E-state index is 13.1. The van der Waals surface area contributed by atoms with Crippen molar-refractivity contribution in [3.63, 3.8) is 0 Å². The molecule has 3 unspecified atom stereocenters. The lowest BCUT2D eigenvalue weighted by Crippen LogP contribution is -2.37. The van der Waals surface area contributed by atoms with Gasteiger partial charge in [-0.1, -0.05) is 95.8 Å². The molecule has 0 aliphatic rings. The summed E-state index contributed by atoms with van der Waals surface area (Å²) >= 11 is 1.41. The molecule has 0 saturated carbocycles. The van der Waals surface area contributed by atoms with Gasteiger partial charge in [0.05, 0.1) is 13.7 Å². The lowest BCUT2D eigenvalue weighted by Gasteiger charge is -2.24. The zero-order valence-corrected chi connectivity index (χ0v) is 27.6. The molecule has 2 rings (SSSR count). The van der Waals surface area contributed by atoms with E-state index in [0.29, 0.717) is 29.4 Å². The van der Waals surface area contributed by atoms with Gasteiger partial charge in [-0.15, -0.1) is 0 Å². The number of carboxylic acid groups (broad SMARTS) is 1. The molecule has 0 spiro atoms. The molecule has 0 heterocycles. The van der Waals surface area contributed by atoms with Crippen molar-refractivity contribution in [3.05, 3.63) is 48.0 Å². The molecular weight excluding hydrogens is 589 g/mol. The molecule has 9 nitrogen and oxygen atoms in total. The molecule has 0 aromatic heterocycles. The molecule has 0 radical (unpaired) electrons. The van der Waals surface area contributed by atoms with Crippen molar-refractivity contribution in [3.8, 4) is 23.0 Å². The number of phosphoric ester groups is 1. The molecule has 43 heavy (non-hydrogen) atoms. The van der Waals surface area contributed by atoms with Gasteiger partial charge in [0.1, 0.15) is 29.0 Å². The summed E-state index contributed by atoms with van der Waals surface area (Å²) in [7, 11) is -3.21. The van der Waals surface area contributed by atoms with Crippen LogP contribution in [0.25, 0.3) is 0 Å². The number of thioether (sulfide) groups is 1.